The second-order valence-corrected chi connectivity index (χ2v) is 25.9. The minimum absolute atomic E-state index is 0.150. The van der Waals surface area contributed by atoms with Crippen LogP contribution in [-0.4, -0.2) is 82.3 Å². The molecule has 0 heterocycles. The molecule has 0 fully saturated rings. The Morgan fingerprint density at radius 1 is 0.369 bits per heavy atom. The van der Waals surface area contributed by atoms with Gasteiger partial charge in [-0.25, -0.2) is 0 Å². The van der Waals surface area contributed by atoms with E-state index in [1.165, 1.54) is 263 Å². The van der Waals surface area contributed by atoms with Crippen molar-refractivity contribution in [1.82, 2.24) is 0 Å². The lowest BCUT2D eigenvalue weighted by Crippen LogP contribution is -2.44. The second-order valence-electron chi connectivity index (χ2n) is 25.9. The number of aliphatic carboxylic acids is 1. The average Bonchev–Trinajstić information content (AvgIpc) is 3.51. The van der Waals surface area contributed by atoms with Gasteiger partial charge in [0.15, 0.2) is 12.4 Å². The van der Waals surface area contributed by atoms with Crippen LogP contribution in [0.15, 0.2) is 48.6 Å². The lowest BCUT2D eigenvalue weighted by atomic mass is 10.0. The fraction of sp³-hybridized carbons (Fsp3) is 0.853. The maximum Gasteiger partial charge on any atom is 0.306 e. The Kier molecular flexibility index (Phi) is 64.0. The quantitative estimate of drug-likeness (QED) is 0.0195. The van der Waals surface area contributed by atoms with Crippen molar-refractivity contribution in [3.05, 3.63) is 48.6 Å². The van der Waals surface area contributed by atoms with Crippen LogP contribution in [0.2, 0.25) is 0 Å². The Morgan fingerprint density at radius 2 is 0.679 bits per heavy atom. The van der Waals surface area contributed by atoms with Crippen LogP contribution < -0.4 is 5.11 Å². The van der Waals surface area contributed by atoms with Crippen LogP contribution in [0.5, 0.6) is 0 Å². The van der Waals surface area contributed by atoms with Crippen molar-refractivity contribution in [1.29, 1.82) is 0 Å². The summed E-state index contributed by atoms with van der Waals surface area (Å²) in [4.78, 5) is 37.5. The number of unbranched alkanes of at least 4 members (excludes halogenated alkanes) is 45. The highest BCUT2D eigenvalue weighted by molar-refractivity contribution is 5.70. The van der Waals surface area contributed by atoms with Crippen LogP contribution in [0.1, 0.15) is 354 Å². The second kappa shape index (κ2) is 66.2. The standard InChI is InChI=1S/C75H139NO8/c1-6-8-10-12-14-16-18-20-22-24-26-28-30-32-34-36-37-38-40-42-44-46-48-50-52-54-56-58-60-62-64-66-73(78)84-71(70-83-75(74(79)80)81-68-67-76(3,4)5)69-82-72(77)65-63-61-59-57-55-53-51-49-47-45-43-41-39-35-33-31-29-27-25-23-21-19-17-15-13-11-9-7-2/h8,10,14,16,20,22,26,28,71,75H,6-7,9,11-13,15,17-19,21,23-25,27,29-70H2,1-5H3/b10-8-,16-14-,22-20-,28-26-. The van der Waals surface area contributed by atoms with E-state index >= 15 is 0 Å². The molecule has 492 valence electrons. The Labute approximate surface area is 521 Å². The third-order valence-electron chi connectivity index (χ3n) is 16.3. The van der Waals surface area contributed by atoms with Crippen molar-refractivity contribution in [3.8, 4) is 0 Å². The van der Waals surface area contributed by atoms with Gasteiger partial charge in [-0.05, 0) is 51.4 Å². The van der Waals surface area contributed by atoms with Gasteiger partial charge in [-0.15, -0.1) is 0 Å². The van der Waals surface area contributed by atoms with E-state index < -0.39 is 24.3 Å². The van der Waals surface area contributed by atoms with Gasteiger partial charge in [-0.3, -0.25) is 9.59 Å². The van der Waals surface area contributed by atoms with E-state index in [1.54, 1.807) is 0 Å². The molecule has 0 bridgehead atoms. The maximum atomic E-state index is 12.9. The summed E-state index contributed by atoms with van der Waals surface area (Å²) in [6.45, 7) is 4.71. The normalized spacial score (nSPS) is 12.9. The third kappa shape index (κ3) is 66.8. The Balaban J connectivity index is 4.04. The van der Waals surface area contributed by atoms with Crippen LogP contribution in [0.25, 0.3) is 0 Å². The number of hydrogen-bond donors (Lipinski definition) is 0. The zero-order chi connectivity index (χ0) is 61.2. The minimum Gasteiger partial charge on any atom is -0.545 e. The Bertz CT molecular complexity index is 1520. The first-order valence-corrected chi connectivity index (χ1v) is 36.3. The molecule has 2 unspecified atom stereocenters. The summed E-state index contributed by atoms with van der Waals surface area (Å²) in [6.07, 6.45) is 82.1. The van der Waals surface area contributed by atoms with Crippen molar-refractivity contribution in [2.45, 2.75) is 367 Å². The van der Waals surface area contributed by atoms with Crippen molar-refractivity contribution in [2.75, 3.05) is 47.5 Å². The number of carboxylic acid groups (broad SMARTS) is 1. The van der Waals surface area contributed by atoms with Crippen molar-refractivity contribution < 1.29 is 42.9 Å². The topological polar surface area (TPSA) is 111 Å². The van der Waals surface area contributed by atoms with Gasteiger partial charge in [0.05, 0.1) is 40.3 Å². The fourth-order valence-electron chi connectivity index (χ4n) is 10.8. The van der Waals surface area contributed by atoms with Crippen LogP contribution in [0.4, 0.5) is 0 Å². The molecule has 2 atom stereocenters. The average molecular weight is 1180 g/mol. The lowest BCUT2D eigenvalue weighted by molar-refractivity contribution is -0.870. The van der Waals surface area contributed by atoms with Gasteiger partial charge in [-0.2, -0.15) is 0 Å². The van der Waals surface area contributed by atoms with E-state index in [-0.39, 0.29) is 32.2 Å². The number of ether oxygens (including phenoxy) is 4. The van der Waals surface area contributed by atoms with Crippen LogP contribution in [0, 0.1) is 0 Å². The molecule has 0 aliphatic carbocycles. The highest BCUT2D eigenvalue weighted by Gasteiger charge is 2.22. The first kappa shape index (κ1) is 81.2. The minimum atomic E-state index is -1.62. The summed E-state index contributed by atoms with van der Waals surface area (Å²) in [5.74, 6) is -2.25. The third-order valence-corrected chi connectivity index (χ3v) is 16.3. The monoisotopic (exact) mass is 1180 g/mol. The largest absolute Gasteiger partial charge is 0.545 e. The molecule has 9 heteroatoms. The van der Waals surface area contributed by atoms with Gasteiger partial charge in [-0.1, -0.05) is 339 Å². The zero-order valence-electron chi connectivity index (χ0n) is 56.3. The van der Waals surface area contributed by atoms with E-state index in [4.69, 9.17) is 18.9 Å². The lowest BCUT2D eigenvalue weighted by Gasteiger charge is -2.26. The van der Waals surface area contributed by atoms with E-state index in [2.05, 4.69) is 62.5 Å². The van der Waals surface area contributed by atoms with E-state index in [0.717, 1.165) is 57.8 Å². The first-order chi connectivity index (χ1) is 41.1. The van der Waals surface area contributed by atoms with Crippen molar-refractivity contribution >= 4 is 17.9 Å². The molecule has 0 aromatic carbocycles. The van der Waals surface area contributed by atoms with E-state index in [1.807, 2.05) is 21.1 Å². The number of esters is 2. The van der Waals surface area contributed by atoms with Crippen molar-refractivity contribution in [2.24, 2.45) is 0 Å². The molecule has 0 aromatic rings. The highest BCUT2D eigenvalue weighted by atomic mass is 16.7. The summed E-state index contributed by atoms with van der Waals surface area (Å²) in [6, 6.07) is 0. The van der Waals surface area contributed by atoms with Crippen LogP contribution in [0.3, 0.4) is 0 Å². The number of quaternary nitrogens is 1. The number of allylic oxidation sites excluding steroid dienone is 8. The van der Waals surface area contributed by atoms with Crippen LogP contribution >= 0.6 is 0 Å². The smallest absolute Gasteiger partial charge is 0.306 e. The number of carbonyl (C=O) groups excluding carboxylic acids is 3. The SMILES string of the molecule is CC/C=C\C/C=C\C/C=C\C/C=C\CCCCCCCCCCCCCCCCCCCCC(=O)OC(COC(=O)CCCCCCCCCCCCCCCCCCCCCCCCCCCCCC)COC(OCC[N+](C)(C)C)C(=O)[O-]. The summed E-state index contributed by atoms with van der Waals surface area (Å²) in [7, 11) is 5.94. The highest BCUT2D eigenvalue weighted by Crippen LogP contribution is 2.19. The molecule has 0 aliphatic heterocycles. The molecule has 0 saturated heterocycles. The molecule has 9 nitrogen and oxygen atoms in total. The number of carbonyl (C=O) groups is 3. The number of rotatable bonds is 68. The zero-order valence-corrected chi connectivity index (χ0v) is 56.3. The molecule has 0 amide bonds. The molecule has 0 N–H and O–H groups in total. The van der Waals surface area contributed by atoms with Gasteiger partial charge >= 0.3 is 11.9 Å². The summed E-state index contributed by atoms with van der Waals surface area (Å²) >= 11 is 0. The van der Waals surface area contributed by atoms with Gasteiger partial charge in [0, 0.05) is 12.8 Å². The van der Waals surface area contributed by atoms with Crippen molar-refractivity contribution in [3.63, 3.8) is 0 Å². The fourth-order valence-corrected chi connectivity index (χ4v) is 10.8. The van der Waals surface area contributed by atoms with Gasteiger partial charge in [0.25, 0.3) is 0 Å². The molecular weight excluding hydrogens is 1040 g/mol. The number of carboxylic acids is 1. The molecular formula is C75H139NO8. The Hall–Kier alpha value is -2.75. The van der Waals surface area contributed by atoms with Crippen LogP contribution in [-0.2, 0) is 33.3 Å². The summed E-state index contributed by atoms with van der Waals surface area (Å²) < 4.78 is 22.8. The Morgan fingerprint density at radius 3 is 1.01 bits per heavy atom. The predicted octanol–water partition coefficient (Wildman–Crippen LogP) is 21.2. The molecule has 0 aliphatic rings. The number of hydrogen-bond acceptors (Lipinski definition) is 8. The van der Waals surface area contributed by atoms with E-state index in [0.29, 0.717) is 23.9 Å². The molecule has 0 spiro atoms. The summed E-state index contributed by atoms with van der Waals surface area (Å²) in [5.41, 5.74) is 0. The van der Waals surface area contributed by atoms with Gasteiger partial charge < -0.3 is 33.3 Å². The molecule has 0 rings (SSSR count). The molecule has 0 aromatic heterocycles. The molecule has 0 saturated carbocycles. The predicted molar refractivity (Wildman–Crippen MR) is 357 cm³/mol. The molecule has 84 heavy (non-hydrogen) atoms. The van der Waals surface area contributed by atoms with Gasteiger partial charge in [0.1, 0.15) is 13.2 Å². The summed E-state index contributed by atoms with van der Waals surface area (Å²) in [5, 5.41) is 11.8. The molecule has 0 radical (unpaired) electrons. The van der Waals surface area contributed by atoms with Gasteiger partial charge in [0.2, 0.25) is 0 Å². The first-order valence-electron chi connectivity index (χ1n) is 36.3. The number of nitrogens with zero attached hydrogens (tertiary/aromatic N) is 1. The maximum absolute atomic E-state index is 12.9. The van der Waals surface area contributed by atoms with E-state index in [9.17, 15) is 19.5 Å². The number of likely N-dealkylation sites (N-methyl/N-ethyl adjacent to an activating group) is 1.